The van der Waals surface area contributed by atoms with Gasteiger partial charge in [-0.25, -0.2) is 9.67 Å². The second kappa shape index (κ2) is 7.89. The summed E-state index contributed by atoms with van der Waals surface area (Å²) in [5.41, 5.74) is -0.452. The van der Waals surface area contributed by atoms with Gasteiger partial charge in [-0.1, -0.05) is 0 Å². The lowest BCUT2D eigenvalue weighted by Gasteiger charge is -2.20. The van der Waals surface area contributed by atoms with Crippen molar-refractivity contribution in [2.75, 3.05) is 13.1 Å². The Kier molecular flexibility index (Phi) is 5.16. The van der Waals surface area contributed by atoms with Crippen molar-refractivity contribution in [2.45, 2.75) is 37.8 Å². The number of Topliss-reactive ketones (excluding diaryl/α,β-unsaturated/α-hetero) is 2. The topological polar surface area (TPSA) is 112 Å². The van der Waals surface area contributed by atoms with E-state index in [4.69, 9.17) is 9.47 Å². The Morgan fingerprint density at radius 2 is 2.00 bits per heavy atom. The Labute approximate surface area is 160 Å². The number of ketones is 2. The summed E-state index contributed by atoms with van der Waals surface area (Å²) in [6.45, 7) is 1.74. The standard InChI is InChI=1S/C19H20N4O5/c24-12-1-3-16(17(25)7-12)23-19(26)8-15(11-22-23)27-13-2-4-18(21-10-13)28-14-5-6-20-9-14/h2,4,8,10-11,14,16,20H,1,3,5-7,9H2/t14-,16?/m0/s1. The van der Waals surface area contributed by atoms with Gasteiger partial charge in [0.2, 0.25) is 5.88 Å². The number of nitrogens with zero attached hydrogens (tertiary/aromatic N) is 3. The molecule has 1 unspecified atom stereocenters. The van der Waals surface area contributed by atoms with Gasteiger partial charge in [-0.05, 0) is 25.5 Å². The minimum absolute atomic E-state index is 0.0987. The zero-order chi connectivity index (χ0) is 19.5. The fraction of sp³-hybridized carbons (Fsp3) is 0.421. The molecule has 1 aliphatic heterocycles. The molecule has 1 saturated heterocycles. The molecule has 3 heterocycles. The maximum Gasteiger partial charge on any atom is 0.271 e. The van der Waals surface area contributed by atoms with Crippen LogP contribution >= 0.6 is 0 Å². The van der Waals surface area contributed by atoms with Crippen LogP contribution in [-0.4, -0.2) is 45.5 Å². The maximum absolute atomic E-state index is 12.3. The molecule has 28 heavy (non-hydrogen) atoms. The molecule has 0 aromatic carbocycles. The molecule has 146 valence electrons. The van der Waals surface area contributed by atoms with Crippen molar-refractivity contribution in [3.8, 4) is 17.4 Å². The van der Waals surface area contributed by atoms with E-state index in [0.717, 1.165) is 24.2 Å². The van der Waals surface area contributed by atoms with E-state index in [1.165, 1.54) is 18.5 Å². The first-order valence-corrected chi connectivity index (χ1v) is 9.23. The normalized spacial score (nSPS) is 22.3. The summed E-state index contributed by atoms with van der Waals surface area (Å²) in [6.07, 6.45) is 4.38. The average Bonchev–Trinajstić information content (AvgIpc) is 3.17. The molecule has 2 aromatic heterocycles. The number of carbonyl (C=O) groups excluding carboxylic acids is 2. The molecule has 9 nitrogen and oxygen atoms in total. The molecule has 0 bridgehead atoms. The predicted octanol–water partition coefficient (Wildman–Crippen LogP) is 1.03. The highest BCUT2D eigenvalue weighted by Gasteiger charge is 2.29. The lowest BCUT2D eigenvalue weighted by Crippen LogP contribution is -2.35. The summed E-state index contributed by atoms with van der Waals surface area (Å²) >= 11 is 0. The van der Waals surface area contributed by atoms with Gasteiger partial charge in [0.05, 0.1) is 18.8 Å². The third-order valence-corrected chi connectivity index (χ3v) is 4.78. The molecular weight excluding hydrogens is 364 g/mol. The number of ether oxygens (including phenoxy) is 2. The minimum atomic E-state index is -0.692. The maximum atomic E-state index is 12.3. The molecule has 1 saturated carbocycles. The Balaban J connectivity index is 1.42. The van der Waals surface area contributed by atoms with Gasteiger partial charge in [0, 0.05) is 25.1 Å². The van der Waals surface area contributed by atoms with E-state index < -0.39 is 11.6 Å². The van der Waals surface area contributed by atoms with E-state index in [1.54, 1.807) is 12.1 Å². The monoisotopic (exact) mass is 384 g/mol. The fourth-order valence-corrected chi connectivity index (χ4v) is 3.34. The summed E-state index contributed by atoms with van der Waals surface area (Å²) in [5, 5.41) is 7.28. The highest BCUT2D eigenvalue weighted by atomic mass is 16.5. The molecule has 2 aliphatic rings. The van der Waals surface area contributed by atoms with Gasteiger partial charge in [-0.3, -0.25) is 14.4 Å². The van der Waals surface area contributed by atoms with Crippen LogP contribution in [0.4, 0.5) is 0 Å². The van der Waals surface area contributed by atoms with E-state index in [0.29, 0.717) is 18.1 Å². The number of rotatable bonds is 5. The predicted molar refractivity (Wildman–Crippen MR) is 97.6 cm³/mol. The molecule has 0 radical (unpaired) electrons. The van der Waals surface area contributed by atoms with Crippen LogP contribution in [0.15, 0.2) is 35.4 Å². The Hall–Kier alpha value is -3.07. The van der Waals surface area contributed by atoms with Crippen LogP contribution in [0, 0.1) is 0 Å². The van der Waals surface area contributed by atoms with Crippen LogP contribution < -0.4 is 20.3 Å². The smallest absolute Gasteiger partial charge is 0.271 e. The summed E-state index contributed by atoms with van der Waals surface area (Å²) in [4.78, 5) is 39.9. The lowest BCUT2D eigenvalue weighted by molar-refractivity contribution is -0.132. The van der Waals surface area contributed by atoms with Crippen molar-refractivity contribution in [2.24, 2.45) is 0 Å². The van der Waals surface area contributed by atoms with E-state index in [9.17, 15) is 14.4 Å². The first-order valence-electron chi connectivity index (χ1n) is 9.23. The van der Waals surface area contributed by atoms with Crippen molar-refractivity contribution in [3.63, 3.8) is 0 Å². The van der Waals surface area contributed by atoms with E-state index in [2.05, 4.69) is 15.4 Å². The molecule has 2 fully saturated rings. The van der Waals surface area contributed by atoms with Gasteiger partial charge in [0.25, 0.3) is 5.56 Å². The van der Waals surface area contributed by atoms with Crippen LogP contribution in [0.1, 0.15) is 31.7 Å². The number of hydrogen-bond acceptors (Lipinski definition) is 8. The molecule has 1 aliphatic carbocycles. The Bertz CT molecular complexity index is 934. The SMILES string of the molecule is O=C1CCC(n2ncc(Oc3ccc(O[C@H]4CCNC4)nc3)cc2=O)C(=O)C1. The molecule has 0 spiro atoms. The number of hydrogen-bond donors (Lipinski definition) is 1. The van der Waals surface area contributed by atoms with Gasteiger partial charge in [-0.2, -0.15) is 5.10 Å². The highest BCUT2D eigenvalue weighted by Crippen LogP contribution is 2.24. The van der Waals surface area contributed by atoms with E-state index in [-0.39, 0.29) is 36.3 Å². The average molecular weight is 384 g/mol. The molecule has 9 heteroatoms. The molecule has 1 N–H and O–H groups in total. The van der Waals surface area contributed by atoms with Crippen molar-refractivity contribution < 1.29 is 19.1 Å². The first-order chi connectivity index (χ1) is 13.6. The summed E-state index contributed by atoms with van der Waals surface area (Å²) < 4.78 is 12.5. The second-order valence-corrected chi connectivity index (χ2v) is 6.88. The molecule has 2 atom stereocenters. The number of aromatic nitrogens is 3. The van der Waals surface area contributed by atoms with Crippen molar-refractivity contribution in [3.05, 3.63) is 40.9 Å². The van der Waals surface area contributed by atoms with Gasteiger partial charge < -0.3 is 14.8 Å². The van der Waals surface area contributed by atoms with Crippen LogP contribution in [0.25, 0.3) is 0 Å². The Morgan fingerprint density at radius 3 is 2.68 bits per heavy atom. The number of pyridine rings is 1. The lowest BCUT2D eigenvalue weighted by atomic mass is 9.93. The zero-order valence-corrected chi connectivity index (χ0v) is 15.2. The Morgan fingerprint density at radius 1 is 1.11 bits per heavy atom. The van der Waals surface area contributed by atoms with Gasteiger partial charge >= 0.3 is 0 Å². The quantitative estimate of drug-likeness (QED) is 0.761. The van der Waals surface area contributed by atoms with Crippen molar-refractivity contribution in [1.29, 1.82) is 0 Å². The van der Waals surface area contributed by atoms with Crippen molar-refractivity contribution in [1.82, 2.24) is 20.1 Å². The minimum Gasteiger partial charge on any atom is -0.473 e. The molecule has 0 amide bonds. The zero-order valence-electron chi connectivity index (χ0n) is 15.2. The fourth-order valence-electron chi connectivity index (χ4n) is 3.34. The third kappa shape index (κ3) is 4.09. The van der Waals surface area contributed by atoms with Crippen molar-refractivity contribution >= 4 is 11.6 Å². The first kappa shape index (κ1) is 18.3. The second-order valence-electron chi connectivity index (χ2n) is 6.88. The summed E-state index contributed by atoms with van der Waals surface area (Å²) in [6, 6.07) is 3.99. The van der Waals surface area contributed by atoms with E-state index in [1.807, 2.05) is 0 Å². The molecule has 2 aromatic rings. The number of nitrogens with one attached hydrogen (secondary N) is 1. The van der Waals surface area contributed by atoms with E-state index >= 15 is 0 Å². The molecular formula is C19H20N4O5. The summed E-state index contributed by atoms with van der Waals surface area (Å²) in [5.74, 6) is 0.821. The van der Waals surface area contributed by atoms with Crippen LogP contribution in [0.5, 0.6) is 17.4 Å². The third-order valence-electron chi connectivity index (χ3n) is 4.78. The largest absolute Gasteiger partial charge is 0.473 e. The van der Waals surface area contributed by atoms with Gasteiger partial charge in [0.15, 0.2) is 11.5 Å². The van der Waals surface area contributed by atoms with Gasteiger partial charge in [-0.15, -0.1) is 0 Å². The number of carbonyl (C=O) groups is 2. The van der Waals surface area contributed by atoms with Gasteiger partial charge in [0.1, 0.15) is 23.7 Å². The summed E-state index contributed by atoms with van der Waals surface area (Å²) in [7, 11) is 0. The van der Waals surface area contributed by atoms with Crippen LogP contribution in [-0.2, 0) is 9.59 Å². The molecule has 4 rings (SSSR count). The van der Waals surface area contributed by atoms with Crippen LogP contribution in [0.2, 0.25) is 0 Å². The highest BCUT2D eigenvalue weighted by molar-refractivity contribution is 6.03. The van der Waals surface area contributed by atoms with Crippen LogP contribution in [0.3, 0.4) is 0 Å².